The molecule has 6 heteroatoms. The Kier molecular flexibility index (Phi) is 5.62. The fourth-order valence-corrected chi connectivity index (χ4v) is 2.87. The van der Waals surface area contributed by atoms with Crippen LogP contribution < -0.4 is 10.1 Å². The lowest BCUT2D eigenvalue weighted by Crippen LogP contribution is -2.26. The van der Waals surface area contributed by atoms with Crippen LogP contribution in [0.4, 0.5) is 0 Å². The first kappa shape index (κ1) is 18.0. The molecule has 2 aromatic carbocycles. The summed E-state index contributed by atoms with van der Waals surface area (Å²) in [7, 11) is -3.26. The third kappa shape index (κ3) is 4.58. The van der Waals surface area contributed by atoms with Gasteiger partial charge in [0.2, 0.25) is 0 Å². The summed E-state index contributed by atoms with van der Waals surface area (Å²) in [5, 5.41) is 2.89. The number of rotatable bonds is 6. The summed E-state index contributed by atoms with van der Waals surface area (Å²) < 4.78 is 28.3. The molecule has 2 rings (SSSR count). The second kappa shape index (κ2) is 7.49. The van der Waals surface area contributed by atoms with E-state index in [9.17, 15) is 13.2 Å². The predicted molar refractivity (Wildman–Crippen MR) is 93.0 cm³/mol. The molecule has 0 fully saturated rings. The average molecular weight is 347 g/mol. The van der Waals surface area contributed by atoms with Crippen LogP contribution >= 0.6 is 0 Å². The zero-order chi connectivity index (χ0) is 17.7. The van der Waals surface area contributed by atoms with Crippen molar-refractivity contribution in [2.75, 3.05) is 12.9 Å². The molecular formula is C18H21NO4S. The van der Waals surface area contributed by atoms with Crippen LogP contribution in [0.3, 0.4) is 0 Å². The molecule has 0 heterocycles. The molecule has 1 atom stereocenters. The molecule has 128 valence electrons. The van der Waals surface area contributed by atoms with Crippen molar-refractivity contribution < 1.29 is 17.9 Å². The van der Waals surface area contributed by atoms with Gasteiger partial charge in [-0.25, -0.2) is 8.42 Å². The third-order valence-electron chi connectivity index (χ3n) is 3.58. The Bertz CT molecular complexity index is 796. The maximum Gasteiger partial charge on any atom is 0.251 e. The van der Waals surface area contributed by atoms with Crippen molar-refractivity contribution in [1.29, 1.82) is 0 Å². The van der Waals surface area contributed by atoms with Gasteiger partial charge in [-0.1, -0.05) is 12.1 Å². The number of carbonyl (C=O) groups is 1. The maximum atomic E-state index is 12.3. The number of hydrogen-bond acceptors (Lipinski definition) is 4. The van der Waals surface area contributed by atoms with E-state index >= 15 is 0 Å². The number of carbonyl (C=O) groups excluding carboxylic acids is 1. The van der Waals surface area contributed by atoms with Crippen LogP contribution in [0.15, 0.2) is 53.4 Å². The molecule has 5 nitrogen and oxygen atoms in total. The number of hydrogen-bond donors (Lipinski definition) is 1. The van der Waals surface area contributed by atoms with Crippen molar-refractivity contribution in [1.82, 2.24) is 5.32 Å². The Balaban J connectivity index is 2.05. The van der Waals surface area contributed by atoms with E-state index in [-0.39, 0.29) is 16.8 Å². The van der Waals surface area contributed by atoms with E-state index in [1.165, 1.54) is 24.3 Å². The molecule has 0 aliphatic carbocycles. The first-order chi connectivity index (χ1) is 11.3. The molecule has 0 radical (unpaired) electrons. The van der Waals surface area contributed by atoms with E-state index in [4.69, 9.17) is 4.74 Å². The Morgan fingerprint density at radius 2 is 1.67 bits per heavy atom. The SMILES string of the molecule is CCOc1ccc(C(C)NC(=O)c2ccc(S(C)(=O)=O)cc2)cc1. The molecule has 1 unspecified atom stereocenters. The van der Waals surface area contributed by atoms with Gasteiger partial charge in [0.15, 0.2) is 9.84 Å². The smallest absolute Gasteiger partial charge is 0.251 e. The molecule has 0 aliphatic heterocycles. The van der Waals surface area contributed by atoms with Crippen molar-refractivity contribution in [3.05, 3.63) is 59.7 Å². The van der Waals surface area contributed by atoms with Gasteiger partial charge < -0.3 is 10.1 Å². The topological polar surface area (TPSA) is 72.5 Å². The molecule has 0 saturated heterocycles. The third-order valence-corrected chi connectivity index (χ3v) is 4.71. The summed E-state index contributed by atoms with van der Waals surface area (Å²) >= 11 is 0. The van der Waals surface area contributed by atoms with Crippen molar-refractivity contribution in [3.8, 4) is 5.75 Å². The normalized spacial score (nSPS) is 12.5. The minimum absolute atomic E-state index is 0.178. The Morgan fingerprint density at radius 3 is 2.17 bits per heavy atom. The van der Waals surface area contributed by atoms with Gasteiger partial charge in [-0.3, -0.25) is 4.79 Å². The molecule has 0 aliphatic rings. The molecule has 0 spiro atoms. The number of benzene rings is 2. The summed E-state index contributed by atoms with van der Waals surface area (Å²) in [5.41, 5.74) is 1.37. The van der Waals surface area contributed by atoms with Gasteiger partial charge in [0.1, 0.15) is 5.75 Å². The average Bonchev–Trinajstić information content (AvgIpc) is 2.55. The fraction of sp³-hybridized carbons (Fsp3) is 0.278. The monoisotopic (exact) mass is 347 g/mol. The Hall–Kier alpha value is -2.34. The summed E-state index contributed by atoms with van der Waals surface area (Å²) in [6.45, 7) is 4.42. The van der Waals surface area contributed by atoms with Crippen LogP contribution in [-0.4, -0.2) is 27.2 Å². The van der Waals surface area contributed by atoms with Crippen LogP contribution in [0, 0.1) is 0 Å². The lowest BCUT2D eigenvalue weighted by atomic mass is 10.1. The molecule has 1 amide bonds. The Labute approximate surface area is 142 Å². The number of sulfone groups is 1. The quantitative estimate of drug-likeness (QED) is 0.872. The standard InChI is InChI=1S/C18H21NO4S/c1-4-23-16-9-5-14(6-10-16)13(2)19-18(20)15-7-11-17(12-8-15)24(3,21)22/h5-13H,4H2,1-3H3,(H,19,20). The van der Waals surface area contributed by atoms with E-state index in [0.29, 0.717) is 12.2 Å². The van der Waals surface area contributed by atoms with Gasteiger partial charge >= 0.3 is 0 Å². The molecule has 0 saturated carbocycles. The highest BCUT2D eigenvalue weighted by molar-refractivity contribution is 7.90. The zero-order valence-corrected chi connectivity index (χ0v) is 14.8. The fourth-order valence-electron chi connectivity index (χ4n) is 2.24. The van der Waals surface area contributed by atoms with Gasteiger partial charge in [-0.15, -0.1) is 0 Å². The van der Waals surface area contributed by atoms with Gasteiger partial charge in [-0.2, -0.15) is 0 Å². The lowest BCUT2D eigenvalue weighted by Gasteiger charge is -2.15. The van der Waals surface area contributed by atoms with E-state index in [1.54, 1.807) is 0 Å². The molecule has 0 bridgehead atoms. The van der Waals surface area contributed by atoms with Crippen molar-refractivity contribution in [2.45, 2.75) is 24.8 Å². The van der Waals surface area contributed by atoms with Crippen LogP contribution in [0.2, 0.25) is 0 Å². The van der Waals surface area contributed by atoms with Crippen LogP contribution in [0.25, 0.3) is 0 Å². The second-order valence-electron chi connectivity index (χ2n) is 5.49. The predicted octanol–water partition coefficient (Wildman–Crippen LogP) is 2.98. The first-order valence-electron chi connectivity index (χ1n) is 7.65. The minimum Gasteiger partial charge on any atom is -0.494 e. The summed E-state index contributed by atoms with van der Waals surface area (Å²) in [4.78, 5) is 12.5. The second-order valence-corrected chi connectivity index (χ2v) is 7.51. The van der Waals surface area contributed by atoms with Crippen molar-refractivity contribution in [3.63, 3.8) is 0 Å². The van der Waals surface area contributed by atoms with Gasteiger partial charge in [-0.05, 0) is 55.8 Å². The van der Waals surface area contributed by atoms with E-state index < -0.39 is 9.84 Å². The van der Waals surface area contributed by atoms with Gasteiger partial charge in [0.05, 0.1) is 17.5 Å². The van der Waals surface area contributed by atoms with Gasteiger partial charge in [0, 0.05) is 11.8 Å². The van der Waals surface area contributed by atoms with Crippen molar-refractivity contribution >= 4 is 15.7 Å². The highest BCUT2D eigenvalue weighted by Gasteiger charge is 2.13. The largest absolute Gasteiger partial charge is 0.494 e. The minimum atomic E-state index is -3.26. The number of ether oxygens (including phenoxy) is 1. The maximum absolute atomic E-state index is 12.3. The summed E-state index contributed by atoms with van der Waals surface area (Å²) in [6.07, 6.45) is 1.13. The number of amides is 1. The Morgan fingerprint density at radius 1 is 1.08 bits per heavy atom. The van der Waals surface area contributed by atoms with Crippen LogP contribution in [-0.2, 0) is 9.84 Å². The van der Waals surface area contributed by atoms with E-state index in [2.05, 4.69) is 5.32 Å². The van der Waals surface area contributed by atoms with Crippen molar-refractivity contribution in [2.24, 2.45) is 0 Å². The summed E-state index contributed by atoms with van der Waals surface area (Å²) in [6, 6.07) is 13.3. The number of nitrogens with one attached hydrogen (secondary N) is 1. The zero-order valence-electron chi connectivity index (χ0n) is 13.9. The molecule has 0 aromatic heterocycles. The first-order valence-corrected chi connectivity index (χ1v) is 9.54. The van der Waals surface area contributed by atoms with Gasteiger partial charge in [0.25, 0.3) is 5.91 Å². The molecule has 2 aromatic rings. The summed E-state index contributed by atoms with van der Waals surface area (Å²) in [5.74, 6) is 0.535. The van der Waals surface area contributed by atoms with Crippen LogP contribution in [0.5, 0.6) is 5.75 Å². The molecular weight excluding hydrogens is 326 g/mol. The molecule has 1 N–H and O–H groups in total. The lowest BCUT2D eigenvalue weighted by molar-refractivity contribution is 0.0940. The highest BCUT2D eigenvalue weighted by Crippen LogP contribution is 2.18. The molecule has 24 heavy (non-hydrogen) atoms. The van der Waals surface area contributed by atoms with E-state index in [1.807, 2.05) is 38.1 Å². The highest BCUT2D eigenvalue weighted by atomic mass is 32.2. The van der Waals surface area contributed by atoms with E-state index in [0.717, 1.165) is 17.6 Å². The van der Waals surface area contributed by atoms with Crippen LogP contribution in [0.1, 0.15) is 35.8 Å².